The fraction of sp³-hybridized carbons (Fsp3) is 0.375. The molecule has 0 saturated carbocycles. The Labute approximate surface area is 134 Å². The van der Waals surface area contributed by atoms with Crippen LogP contribution in [0.4, 0.5) is 5.82 Å². The molecule has 0 fully saturated rings. The van der Waals surface area contributed by atoms with Crippen molar-refractivity contribution in [2.45, 2.75) is 33.6 Å². The summed E-state index contributed by atoms with van der Waals surface area (Å²) in [7, 11) is 1.91. The molecule has 1 heterocycles. The number of hydrogen-bond donors (Lipinski definition) is 1. The molecule has 0 atom stereocenters. The van der Waals surface area contributed by atoms with E-state index in [0.29, 0.717) is 0 Å². The molecule has 0 radical (unpaired) electrons. The van der Waals surface area contributed by atoms with E-state index in [2.05, 4.69) is 76.8 Å². The van der Waals surface area contributed by atoms with Crippen molar-refractivity contribution in [1.29, 1.82) is 0 Å². The first-order valence-corrected chi connectivity index (χ1v) is 7.92. The second kappa shape index (κ2) is 6.52. The molecule has 3 nitrogen and oxygen atoms in total. The van der Waals surface area contributed by atoms with Crippen LogP contribution in [-0.2, 0) is 12.8 Å². The van der Waals surface area contributed by atoms with Crippen molar-refractivity contribution < 1.29 is 0 Å². The van der Waals surface area contributed by atoms with Crippen LogP contribution in [0, 0.1) is 17.4 Å². The van der Waals surface area contributed by atoms with Gasteiger partial charge in [-0.3, -0.25) is 0 Å². The van der Waals surface area contributed by atoms with E-state index in [1.807, 2.05) is 7.05 Å². The van der Waals surface area contributed by atoms with Gasteiger partial charge in [-0.2, -0.15) is 0 Å². The number of aromatic nitrogens is 2. The molecule has 0 unspecified atom stereocenters. The van der Waals surface area contributed by atoms with Gasteiger partial charge in [0.25, 0.3) is 0 Å². The lowest BCUT2D eigenvalue weighted by molar-refractivity contribution is 0.896. The third-order valence-corrected chi connectivity index (χ3v) is 4.60. The standard InChI is InChI=1S/C16H20IN3/c1-5-13-15(17)16(18-4)20-14(19-13)9-12-7-6-10(2)11(3)8-12/h6-8H,5,9H2,1-4H3,(H,18,19,20). The van der Waals surface area contributed by atoms with Crippen molar-refractivity contribution in [3.8, 4) is 0 Å². The molecule has 0 aliphatic rings. The molecular formula is C16H20IN3. The molecule has 20 heavy (non-hydrogen) atoms. The van der Waals surface area contributed by atoms with Crippen LogP contribution in [0.1, 0.15) is 35.1 Å². The van der Waals surface area contributed by atoms with Crippen molar-refractivity contribution >= 4 is 28.4 Å². The molecular weight excluding hydrogens is 361 g/mol. The normalized spacial score (nSPS) is 10.7. The van der Waals surface area contributed by atoms with Gasteiger partial charge in [0.05, 0.1) is 9.26 Å². The van der Waals surface area contributed by atoms with Crippen LogP contribution < -0.4 is 5.32 Å². The quantitative estimate of drug-likeness (QED) is 0.817. The van der Waals surface area contributed by atoms with Gasteiger partial charge >= 0.3 is 0 Å². The molecule has 2 aromatic rings. The first-order valence-electron chi connectivity index (χ1n) is 6.84. The van der Waals surface area contributed by atoms with E-state index in [1.54, 1.807) is 0 Å². The van der Waals surface area contributed by atoms with Crippen molar-refractivity contribution in [3.05, 3.63) is 50.0 Å². The van der Waals surface area contributed by atoms with Crippen molar-refractivity contribution in [2.24, 2.45) is 0 Å². The van der Waals surface area contributed by atoms with Crippen LogP contribution in [0.15, 0.2) is 18.2 Å². The summed E-state index contributed by atoms with van der Waals surface area (Å²) < 4.78 is 1.12. The fourth-order valence-electron chi connectivity index (χ4n) is 2.12. The minimum atomic E-state index is 0.778. The Morgan fingerprint density at radius 3 is 2.50 bits per heavy atom. The summed E-state index contributed by atoms with van der Waals surface area (Å²) in [5.74, 6) is 1.81. The van der Waals surface area contributed by atoms with Crippen molar-refractivity contribution in [2.75, 3.05) is 12.4 Å². The van der Waals surface area contributed by atoms with Gasteiger partial charge in [-0.25, -0.2) is 9.97 Å². The molecule has 4 heteroatoms. The summed E-state index contributed by atoms with van der Waals surface area (Å²) in [5.41, 5.74) is 5.02. The van der Waals surface area contributed by atoms with Gasteiger partial charge in [0.15, 0.2) is 0 Å². The van der Waals surface area contributed by atoms with Gasteiger partial charge in [-0.15, -0.1) is 0 Å². The van der Waals surface area contributed by atoms with E-state index in [0.717, 1.165) is 33.7 Å². The molecule has 0 saturated heterocycles. The van der Waals surface area contributed by atoms with Crippen molar-refractivity contribution in [3.63, 3.8) is 0 Å². The monoisotopic (exact) mass is 381 g/mol. The Morgan fingerprint density at radius 1 is 1.15 bits per heavy atom. The van der Waals surface area contributed by atoms with Gasteiger partial charge < -0.3 is 5.32 Å². The number of halogens is 1. The molecule has 1 aromatic heterocycles. The summed E-state index contributed by atoms with van der Waals surface area (Å²) in [6.07, 6.45) is 1.70. The molecule has 0 aliphatic carbocycles. The topological polar surface area (TPSA) is 37.8 Å². The van der Waals surface area contributed by atoms with Crippen LogP contribution in [-0.4, -0.2) is 17.0 Å². The highest BCUT2D eigenvalue weighted by Gasteiger charge is 2.10. The molecule has 0 bridgehead atoms. The second-order valence-electron chi connectivity index (χ2n) is 4.95. The Morgan fingerprint density at radius 2 is 1.90 bits per heavy atom. The van der Waals surface area contributed by atoms with E-state index < -0.39 is 0 Å². The van der Waals surface area contributed by atoms with Gasteiger partial charge in [0, 0.05) is 13.5 Å². The lowest BCUT2D eigenvalue weighted by Crippen LogP contribution is -2.07. The maximum absolute atomic E-state index is 4.69. The van der Waals surface area contributed by atoms with Crippen LogP contribution in [0.25, 0.3) is 0 Å². The van der Waals surface area contributed by atoms with Gasteiger partial charge in [0.1, 0.15) is 11.6 Å². The second-order valence-corrected chi connectivity index (χ2v) is 6.03. The predicted molar refractivity (Wildman–Crippen MR) is 92.4 cm³/mol. The summed E-state index contributed by atoms with van der Waals surface area (Å²) in [4.78, 5) is 9.31. The summed E-state index contributed by atoms with van der Waals surface area (Å²) in [6, 6.07) is 6.55. The van der Waals surface area contributed by atoms with Gasteiger partial charge in [-0.05, 0) is 59.5 Å². The third kappa shape index (κ3) is 3.29. The zero-order valence-corrected chi connectivity index (χ0v) is 14.6. The van der Waals surface area contributed by atoms with Crippen LogP contribution in [0.2, 0.25) is 0 Å². The summed E-state index contributed by atoms with van der Waals surface area (Å²) in [5, 5.41) is 3.16. The summed E-state index contributed by atoms with van der Waals surface area (Å²) >= 11 is 2.31. The Bertz CT molecular complexity index is 598. The van der Waals surface area contributed by atoms with Gasteiger partial charge in [0.2, 0.25) is 0 Å². The first kappa shape index (κ1) is 15.2. The highest BCUT2D eigenvalue weighted by molar-refractivity contribution is 14.1. The van der Waals surface area contributed by atoms with Gasteiger partial charge in [-0.1, -0.05) is 25.1 Å². The predicted octanol–water partition coefficient (Wildman–Crippen LogP) is 3.89. The maximum Gasteiger partial charge on any atom is 0.143 e. The molecule has 1 aromatic carbocycles. The first-order chi connectivity index (χ1) is 9.55. The van der Waals surface area contributed by atoms with E-state index in [1.165, 1.54) is 16.7 Å². The zero-order valence-electron chi connectivity index (χ0n) is 12.4. The smallest absolute Gasteiger partial charge is 0.143 e. The van der Waals surface area contributed by atoms with Crippen LogP contribution in [0.3, 0.4) is 0 Å². The summed E-state index contributed by atoms with van der Waals surface area (Å²) in [6.45, 7) is 6.41. The Balaban J connectivity index is 2.35. The van der Waals surface area contributed by atoms with E-state index in [4.69, 9.17) is 0 Å². The molecule has 0 amide bonds. The number of nitrogens with one attached hydrogen (secondary N) is 1. The maximum atomic E-state index is 4.69. The van der Waals surface area contributed by atoms with E-state index >= 15 is 0 Å². The number of aryl methyl sites for hydroxylation is 3. The highest BCUT2D eigenvalue weighted by Crippen LogP contribution is 2.21. The molecule has 0 spiro atoms. The fourth-order valence-corrected chi connectivity index (χ4v) is 3.01. The van der Waals surface area contributed by atoms with Crippen molar-refractivity contribution in [1.82, 2.24) is 9.97 Å². The minimum absolute atomic E-state index is 0.778. The minimum Gasteiger partial charge on any atom is -0.372 e. The average molecular weight is 381 g/mol. The number of rotatable bonds is 4. The lowest BCUT2D eigenvalue weighted by Gasteiger charge is -2.11. The number of anilines is 1. The number of benzene rings is 1. The third-order valence-electron chi connectivity index (χ3n) is 3.47. The molecule has 2 rings (SSSR count). The number of nitrogens with zero attached hydrogens (tertiary/aromatic N) is 2. The molecule has 1 N–H and O–H groups in total. The van der Waals surface area contributed by atoms with Crippen LogP contribution in [0.5, 0.6) is 0 Å². The Hall–Kier alpha value is -1.17. The Kier molecular flexibility index (Phi) is 4.96. The van der Waals surface area contributed by atoms with E-state index in [9.17, 15) is 0 Å². The lowest BCUT2D eigenvalue weighted by atomic mass is 10.0. The van der Waals surface area contributed by atoms with E-state index in [-0.39, 0.29) is 0 Å². The molecule has 0 aliphatic heterocycles. The average Bonchev–Trinajstić information content (AvgIpc) is 2.44. The highest BCUT2D eigenvalue weighted by atomic mass is 127. The SMILES string of the molecule is CCc1nc(Cc2ccc(C)c(C)c2)nc(NC)c1I. The van der Waals surface area contributed by atoms with Crippen LogP contribution >= 0.6 is 22.6 Å². The molecule has 106 valence electrons. The number of hydrogen-bond acceptors (Lipinski definition) is 3. The zero-order chi connectivity index (χ0) is 14.7. The largest absolute Gasteiger partial charge is 0.372 e.